The lowest BCUT2D eigenvalue weighted by Crippen LogP contribution is -2.34. The van der Waals surface area contributed by atoms with Gasteiger partial charge in [0.15, 0.2) is 34.5 Å². The van der Waals surface area contributed by atoms with Crippen molar-refractivity contribution in [2.45, 2.75) is 32.4 Å². The minimum absolute atomic E-state index is 0.0102. The molecule has 1 aromatic heterocycles. The highest BCUT2D eigenvalue weighted by molar-refractivity contribution is 5.88. The van der Waals surface area contributed by atoms with E-state index in [2.05, 4.69) is 13.8 Å². The summed E-state index contributed by atoms with van der Waals surface area (Å²) in [5.74, 6) is 1.49. The van der Waals surface area contributed by atoms with E-state index in [1.807, 2.05) is 41.0 Å². The lowest BCUT2D eigenvalue weighted by Gasteiger charge is -2.34. The molecule has 5 rings (SSSR count). The van der Waals surface area contributed by atoms with Crippen LogP contribution < -0.4 is 24.4 Å². The topological polar surface area (TPSA) is 96.2 Å². The number of methoxy groups -OCH3 is 1. The standard InChI is InChI=1S/C27H27NO7/c1-15(2)20-8-16-9-26(34-14-17-13-33-23-6-4-5-7-24(23)35-17)25(32-3)10-18(16)21-11-22(29)19(27(30)31)12-28(20)21/h4-7,9-12,15,17,20H,8,13-14H2,1-3H3,(H,30,31)/t17?,20-/m0/s1. The molecule has 8 nitrogen and oxygen atoms in total. The zero-order valence-corrected chi connectivity index (χ0v) is 19.8. The number of para-hydroxylation sites is 2. The number of pyridine rings is 1. The van der Waals surface area contributed by atoms with Crippen molar-refractivity contribution in [1.29, 1.82) is 0 Å². The van der Waals surface area contributed by atoms with Crippen molar-refractivity contribution >= 4 is 5.97 Å². The predicted molar refractivity (Wildman–Crippen MR) is 129 cm³/mol. The fraction of sp³-hybridized carbons (Fsp3) is 0.333. The average Bonchev–Trinajstić information content (AvgIpc) is 2.85. The molecule has 2 aliphatic rings. The molecule has 0 amide bonds. The Morgan fingerprint density at radius 1 is 1.17 bits per heavy atom. The van der Waals surface area contributed by atoms with Gasteiger partial charge in [-0.25, -0.2) is 4.79 Å². The molecule has 1 unspecified atom stereocenters. The molecule has 182 valence electrons. The molecule has 0 saturated heterocycles. The van der Waals surface area contributed by atoms with Crippen LogP contribution in [0.25, 0.3) is 11.3 Å². The first-order valence-corrected chi connectivity index (χ1v) is 11.6. The van der Waals surface area contributed by atoms with Crippen LogP contribution in [0.1, 0.15) is 35.8 Å². The van der Waals surface area contributed by atoms with E-state index in [1.165, 1.54) is 12.3 Å². The van der Waals surface area contributed by atoms with Crippen molar-refractivity contribution in [1.82, 2.24) is 4.57 Å². The summed E-state index contributed by atoms with van der Waals surface area (Å²) < 4.78 is 25.4. The number of aromatic nitrogens is 1. The largest absolute Gasteiger partial charge is 0.493 e. The molecule has 35 heavy (non-hydrogen) atoms. The second-order valence-corrected chi connectivity index (χ2v) is 9.13. The summed E-state index contributed by atoms with van der Waals surface area (Å²) in [5, 5.41) is 9.46. The first kappa shape index (κ1) is 22.8. The number of hydrogen-bond acceptors (Lipinski definition) is 6. The van der Waals surface area contributed by atoms with E-state index in [-0.39, 0.29) is 30.2 Å². The lowest BCUT2D eigenvalue weighted by molar-refractivity contribution is 0.0527. The van der Waals surface area contributed by atoms with Gasteiger partial charge in [0.05, 0.1) is 12.8 Å². The molecule has 2 aromatic carbocycles. The Bertz CT molecular complexity index is 1340. The van der Waals surface area contributed by atoms with E-state index in [0.29, 0.717) is 36.0 Å². The molecular weight excluding hydrogens is 450 g/mol. The van der Waals surface area contributed by atoms with Gasteiger partial charge in [-0.2, -0.15) is 0 Å². The SMILES string of the molecule is COc1cc2c(cc1OCC1COc3ccccc3O1)C[C@@H](C(C)C)n1cc(C(=O)O)c(=O)cc1-2. The average molecular weight is 478 g/mol. The Morgan fingerprint density at radius 3 is 2.66 bits per heavy atom. The van der Waals surface area contributed by atoms with Gasteiger partial charge >= 0.3 is 5.97 Å². The Labute approximate surface area is 202 Å². The number of rotatable bonds is 6. The van der Waals surface area contributed by atoms with Crippen LogP contribution in [0.15, 0.2) is 53.5 Å². The third-order valence-corrected chi connectivity index (χ3v) is 6.52. The molecular formula is C27H27NO7. The second-order valence-electron chi connectivity index (χ2n) is 9.13. The molecule has 0 radical (unpaired) electrons. The van der Waals surface area contributed by atoms with E-state index < -0.39 is 11.4 Å². The van der Waals surface area contributed by atoms with Crippen LogP contribution in [0.3, 0.4) is 0 Å². The smallest absolute Gasteiger partial charge is 0.341 e. The van der Waals surface area contributed by atoms with Crippen LogP contribution in [-0.2, 0) is 6.42 Å². The maximum absolute atomic E-state index is 12.5. The van der Waals surface area contributed by atoms with Crippen molar-refractivity contribution in [3.63, 3.8) is 0 Å². The van der Waals surface area contributed by atoms with E-state index >= 15 is 0 Å². The number of hydrogen-bond donors (Lipinski definition) is 1. The summed E-state index contributed by atoms with van der Waals surface area (Å²) in [5.41, 5.74) is 1.75. The predicted octanol–water partition coefficient (Wildman–Crippen LogP) is 4.19. The van der Waals surface area contributed by atoms with Crippen molar-refractivity contribution in [3.8, 4) is 34.3 Å². The van der Waals surface area contributed by atoms with Crippen LogP contribution in [-0.4, -0.2) is 42.1 Å². The van der Waals surface area contributed by atoms with Gasteiger partial charge in [0.25, 0.3) is 0 Å². The number of carbonyl (C=O) groups is 1. The van der Waals surface area contributed by atoms with Crippen LogP contribution in [0.5, 0.6) is 23.0 Å². The number of carboxylic acid groups (broad SMARTS) is 1. The van der Waals surface area contributed by atoms with E-state index in [9.17, 15) is 14.7 Å². The van der Waals surface area contributed by atoms with Gasteiger partial charge in [-0.15, -0.1) is 0 Å². The number of fused-ring (bicyclic) bond motifs is 4. The highest BCUT2D eigenvalue weighted by atomic mass is 16.6. The first-order chi connectivity index (χ1) is 16.9. The third kappa shape index (κ3) is 4.20. The highest BCUT2D eigenvalue weighted by Crippen LogP contribution is 2.43. The maximum atomic E-state index is 12.5. The lowest BCUT2D eigenvalue weighted by atomic mass is 9.87. The van der Waals surface area contributed by atoms with Crippen molar-refractivity contribution in [2.75, 3.05) is 20.3 Å². The number of aromatic carboxylic acids is 1. The molecule has 2 atom stereocenters. The second kappa shape index (κ2) is 9.02. The monoisotopic (exact) mass is 477 g/mol. The fourth-order valence-electron chi connectivity index (χ4n) is 4.69. The van der Waals surface area contributed by atoms with Crippen LogP contribution >= 0.6 is 0 Å². The molecule has 8 heteroatoms. The Balaban J connectivity index is 1.47. The molecule has 0 saturated carbocycles. The molecule has 1 N–H and O–H groups in total. The Hall–Kier alpha value is -3.94. The van der Waals surface area contributed by atoms with Gasteiger partial charge in [-0.05, 0) is 42.2 Å². The van der Waals surface area contributed by atoms with Gasteiger partial charge < -0.3 is 28.6 Å². The summed E-state index contributed by atoms with van der Waals surface area (Å²) in [7, 11) is 1.56. The number of carboxylic acids is 1. The van der Waals surface area contributed by atoms with Crippen molar-refractivity contribution in [3.05, 3.63) is 70.0 Å². The minimum Gasteiger partial charge on any atom is -0.493 e. The summed E-state index contributed by atoms with van der Waals surface area (Å²) in [6.07, 6.45) is 1.85. The maximum Gasteiger partial charge on any atom is 0.341 e. The first-order valence-electron chi connectivity index (χ1n) is 11.6. The minimum atomic E-state index is -1.23. The van der Waals surface area contributed by atoms with Gasteiger partial charge in [0.2, 0.25) is 0 Å². The molecule has 0 aliphatic carbocycles. The zero-order chi connectivity index (χ0) is 24.7. The quantitative estimate of drug-likeness (QED) is 0.569. The molecule has 2 aliphatic heterocycles. The summed E-state index contributed by atoms with van der Waals surface area (Å²) in [4.78, 5) is 24.1. The highest BCUT2D eigenvalue weighted by Gasteiger charge is 2.30. The molecule has 0 spiro atoms. The van der Waals surface area contributed by atoms with E-state index in [0.717, 1.165) is 16.9 Å². The van der Waals surface area contributed by atoms with Crippen LogP contribution in [0.2, 0.25) is 0 Å². The van der Waals surface area contributed by atoms with E-state index in [4.69, 9.17) is 18.9 Å². The number of ether oxygens (including phenoxy) is 4. The fourth-order valence-corrected chi connectivity index (χ4v) is 4.69. The zero-order valence-electron chi connectivity index (χ0n) is 19.8. The summed E-state index contributed by atoms with van der Waals surface area (Å²) in [6.45, 7) is 4.81. The van der Waals surface area contributed by atoms with Gasteiger partial charge in [0.1, 0.15) is 18.8 Å². The molecule has 0 bridgehead atoms. The van der Waals surface area contributed by atoms with Gasteiger partial charge in [-0.1, -0.05) is 26.0 Å². The van der Waals surface area contributed by atoms with Crippen molar-refractivity contribution < 1.29 is 28.8 Å². The molecule has 0 fully saturated rings. The Kier molecular flexibility index (Phi) is 5.88. The van der Waals surface area contributed by atoms with E-state index in [1.54, 1.807) is 7.11 Å². The van der Waals surface area contributed by atoms with Crippen LogP contribution in [0, 0.1) is 5.92 Å². The number of nitrogens with zero attached hydrogens (tertiary/aromatic N) is 1. The molecule has 3 aromatic rings. The summed E-state index contributed by atoms with van der Waals surface area (Å²) >= 11 is 0. The van der Waals surface area contributed by atoms with Crippen LogP contribution in [0.4, 0.5) is 0 Å². The van der Waals surface area contributed by atoms with Gasteiger partial charge in [-0.3, -0.25) is 4.79 Å². The molecule has 3 heterocycles. The number of benzene rings is 2. The normalized spacial score (nSPS) is 17.9. The third-order valence-electron chi connectivity index (χ3n) is 6.52. The van der Waals surface area contributed by atoms with Gasteiger partial charge in [0, 0.05) is 23.9 Å². The summed E-state index contributed by atoms with van der Waals surface area (Å²) in [6, 6.07) is 12.7. The van der Waals surface area contributed by atoms with Crippen molar-refractivity contribution in [2.24, 2.45) is 5.92 Å². The Morgan fingerprint density at radius 2 is 1.94 bits per heavy atom.